The summed E-state index contributed by atoms with van der Waals surface area (Å²) in [7, 11) is 0. The number of amides is 1. The standard InChI is InChI=1S/C23H27N5O2/c1-2-10-26-23(30)16-13-18-20(19(29)14-16)21(27-17-6-4-3-5-7-17)22(28(18)24)15-8-11-25-12-9-15/h3-9,11-12,16,21-22,27H,2,10,13-14,24H2,1H3,(H,26,30). The number of hydrogen-bond donors (Lipinski definition) is 3. The molecule has 7 heteroatoms. The van der Waals surface area contributed by atoms with Gasteiger partial charge in [0.05, 0.1) is 18.0 Å². The van der Waals surface area contributed by atoms with Gasteiger partial charge in [0, 0.05) is 48.7 Å². The van der Waals surface area contributed by atoms with Crippen LogP contribution in [0.3, 0.4) is 0 Å². The van der Waals surface area contributed by atoms with E-state index < -0.39 is 0 Å². The lowest BCUT2D eigenvalue weighted by molar-refractivity contribution is -0.129. The van der Waals surface area contributed by atoms with Crippen LogP contribution in [0.25, 0.3) is 0 Å². The minimum Gasteiger partial charge on any atom is -0.376 e. The highest BCUT2D eigenvalue weighted by Crippen LogP contribution is 2.44. The molecule has 3 unspecified atom stereocenters. The molecule has 0 saturated heterocycles. The summed E-state index contributed by atoms with van der Waals surface area (Å²) < 4.78 is 0. The Hall–Kier alpha value is -3.19. The van der Waals surface area contributed by atoms with Gasteiger partial charge < -0.3 is 15.6 Å². The van der Waals surface area contributed by atoms with Crippen LogP contribution < -0.4 is 16.5 Å². The molecule has 1 aliphatic heterocycles. The van der Waals surface area contributed by atoms with Crippen LogP contribution in [-0.4, -0.2) is 34.3 Å². The highest BCUT2D eigenvalue weighted by molar-refractivity contribution is 6.02. The van der Waals surface area contributed by atoms with Gasteiger partial charge in [0.2, 0.25) is 5.91 Å². The Balaban J connectivity index is 1.68. The molecule has 1 amide bonds. The number of rotatable bonds is 6. The Bertz CT molecular complexity index is 945. The molecular formula is C23H27N5O2. The van der Waals surface area contributed by atoms with Crippen LogP contribution in [0.2, 0.25) is 0 Å². The van der Waals surface area contributed by atoms with Gasteiger partial charge in [0.1, 0.15) is 0 Å². The number of hydrazine groups is 1. The fourth-order valence-electron chi connectivity index (χ4n) is 4.35. The van der Waals surface area contributed by atoms with Crippen LogP contribution in [-0.2, 0) is 9.59 Å². The van der Waals surface area contributed by atoms with Gasteiger partial charge >= 0.3 is 0 Å². The summed E-state index contributed by atoms with van der Waals surface area (Å²) in [5.41, 5.74) is 3.32. The van der Waals surface area contributed by atoms with Gasteiger partial charge in [-0.05, 0) is 36.2 Å². The summed E-state index contributed by atoms with van der Waals surface area (Å²) in [4.78, 5) is 29.9. The largest absolute Gasteiger partial charge is 0.376 e. The predicted molar refractivity (Wildman–Crippen MR) is 115 cm³/mol. The van der Waals surface area contributed by atoms with E-state index >= 15 is 0 Å². The monoisotopic (exact) mass is 405 g/mol. The zero-order valence-electron chi connectivity index (χ0n) is 17.0. The number of nitrogens with two attached hydrogens (primary N) is 1. The number of nitrogens with zero attached hydrogens (tertiary/aromatic N) is 2. The van der Waals surface area contributed by atoms with E-state index in [0.717, 1.165) is 23.4 Å². The van der Waals surface area contributed by atoms with E-state index in [0.29, 0.717) is 18.5 Å². The molecule has 0 bridgehead atoms. The van der Waals surface area contributed by atoms with Gasteiger partial charge in [-0.3, -0.25) is 14.6 Å². The fourth-order valence-corrected chi connectivity index (χ4v) is 4.35. The molecule has 4 N–H and O–H groups in total. The first-order valence-electron chi connectivity index (χ1n) is 10.4. The number of carbonyl (C=O) groups excluding carboxylic acids is 2. The summed E-state index contributed by atoms with van der Waals surface area (Å²) in [6.07, 6.45) is 4.97. The topological polar surface area (TPSA) is 100 Å². The number of anilines is 1. The third-order valence-electron chi connectivity index (χ3n) is 5.78. The number of hydrogen-bond acceptors (Lipinski definition) is 6. The molecule has 0 saturated carbocycles. The molecule has 0 radical (unpaired) electrons. The Morgan fingerprint density at radius 2 is 1.90 bits per heavy atom. The molecule has 0 spiro atoms. The highest BCUT2D eigenvalue weighted by atomic mass is 16.2. The first-order chi connectivity index (χ1) is 14.6. The third-order valence-corrected chi connectivity index (χ3v) is 5.78. The highest BCUT2D eigenvalue weighted by Gasteiger charge is 2.47. The van der Waals surface area contributed by atoms with Gasteiger partial charge in [0.25, 0.3) is 0 Å². The van der Waals surface area contributed by atoms with Crippen LogP contribution in [0.15, 0.2) is 66.1 Å². The molecule has 2 heterocycles. The number of allylic oxidation sites excluding steroid dienone is 1. The van der Waals surface area contributed by atoms with E-state index in [4.69, 9.17) is 5.84 Å². The SMILES string of the molecule is CCCNC(=O)C1CC(=O)C2=C(C1)N(N)C(c1ccncc1)C2Nc1ccccc1. The van der Waals surface area contributed by atoms with Crippen LogP contribution in [0.1, 0.15) is 37.8 Å². The van der Waals surface area contributed by atoms with Crippen LogP contribution in [0.5, 0.6) is 0 Å². The predicted octanol–water partition coefficient (Wildman–Crippen LogP) is 2.55. The van der Waals surface area contributed by atoms with E-state index in [2.05, 4.69) is 15.6 Å². The second-order valence-corrected chi connectivity index (χ2v) is 7.80. The zero-order chi connectivity index (χ0) is 21.1. The maximum Gasteiger partial charge on any atom is 0.223 e. The lowest BCUT2D eigenvalue weighted by Crippen LogP contribution is -2.38. The molecule has 4 rings (SSSR count). The average molecular weight is 406 g/mol. The summed E-state index contributed by atoms with van der Waals surface area (Å²) in [6.45, 7) is 2.62. The number of Topliss-reactive ketones (excluding diaryl/α,β-unsaturated/α-hetero) is 1. The Morgan fingerprint density at radius 3 is 2.60 bits per heavy atom. The molecule has 156 valence electrons. The second kappa shape index (κ2) is 8.67. The molecule has 7 nitrogen and oxygen atoms in total. The van der Waals surface area contributed by atoms with Crippen molar-refractivity contribution in [2.75, 3.05) is 11.9 Å². The van der Waals surface area contributed by atoms with Gasteiger partial charge in [-0.1, -0.05) is 25.1 Å². The number of ketones is 1. The number of nitrogens with one attached hydrogen (secondary N) is 2. The Morgan fingerprint density at radius 1 is 1.17 bits per heavy atom. The smallest absolute Gasteiger partial charge is 0.223 e. The van der Waals surface area contributed by atoms with E-state index in [9.17, 15) is 9.59 Å². The van der Waals surface area contributed by atoms with Crippen LogP contribution >= 0.6 is 0 Å². The quantitative estimate of drug-likeness (QED) is 0.639. The molecular weight excluding hydrogens is 378 g/mol. The van der Waals surface area contributed by atoms with Crippen molar-refractivity contribution in [2.45, 2.75) is 38.3 Å². The third kappa shape index (κ3) is 3.80. The maximum absolute atomic E-state index is 13.2. The number of para-hydroxylation sites is 1. The number of benzene rings is 1. The van der Waals surface area contributed by atoms with Crippen LogP contribution in [0, 0.1) is 5.92 Å². The van der Waals surface area contributed by atoms with Gasteiger partial charge in [-0.2, -0.15) is 0 Å². The average Bonchev–Trinajstić information content (AvgIpc) is 3.05. The summed E-state index contributed by atoms with van der Waals surface area (Å²) in [5.74, 6) is 6.08. The lowest BCUT2D eigenvalue weighted by atomic mass is 9.83. The van der Waals surface area contributed by atoms with Crippen LogP contribution in [0.4, 0.5) is 5.69 Å². The fraction of sp³-hybridized carbons (Fsp3) is 0.348. The summed E-state index contributed by atoms with van der Waals surface area (Å²) in [5, 5.41) is 8.09. The van der Waals surface area contributed by atoms with Crippen molar-refractivity contribution in [1.82, 2.24) is 15.3 Å². The first kappa shape index (κ1) is 20.1. The summed E-state index contributed by atoms with van der Waals surface area (Å²) >= 11 is 0. The van der Waals surface area contributed by atoms with E-state index in [1.54, 1.807) is 17.4 Å². The van der Waals surface area contributed by atoms with Gasteiger partial charge in [0.15, 0.2) is 5.78 Å². The summed E-state index contributed by atoms with van der Waals surface area (Å²) in [6, 6.07) is 13.1. The van der Waals surface area contributed by atoms with Crippen molar-refractivity contribution in [2.24, 2.45) is 11.8 Å². The Labute approximate surface area is 176 Å². The van der Waals surface area contributed by atoms with Crippen molar-refractivity contribution in [3.05, 3.63) is 71.7 Å². The second-order valence-electron chi connectivity index (χ2n) is 7.80. The number of pyridine rings is 1. The van der Waals surface area contributed by atoms with E-state index in [1.807, 2.05) is 49.4 Å². The Kier molecular flexibility index (Phi) is 5.81. The molecule has 0 fully saturated rings. The van der Waals surface area contributed by atoms with Crippen molar-refractivity contribution in [1.29, 1.82) is 0 Å². The van der Waals surface area contributed by atoms with Crippen molar-refractivity contribution < 1.29 is 9.59 Å². The van der Waals surface area contributed by atoms with E-state index in [1.165, 1.54) is 0 Å². The number of carbonyl (C=O) groups is 2. The van der Waals surface area contributed by atoms with Crippen molar-refractivity contribution >= 4 is 17.4 Å². The molecule has 3 atom stereocenters. The molecule has 2 aliphatic rings. The molecule has 1 aromatic heterocycles. The van der Waals surface area contributed by atoms with Crippen molar-refractivity contribution in [3.63, 3.8) is 0 Å². The minimum absolute atomic E-state index is 0.0201. The first-order valence-corrected chi connectivity index (χ1v) is 10.4. The maximum atomic E-state index is 13.2. The van der Waals surface area contributed by atoms with E-state index in [-0.39, 0.29) is 36.1 Å². The minimum atomic E-state index is -0.387. The van der Waals surface area contributed by atoms with Gasteiger partial charge in [-0.15, -0.1) is 0 Å². The molecule has 2 aromatic rings. The molecule has 30 heavy (non-hydrogen) atoms. The lowest BCUT2D eigenvalue weighted by Gasteiger charge is -2.29. The molecule has 1 aromatic carbocycles. The number of aromatic nitrogens is 1. The zero-order valence-corrected chi connectivity index (χ0v) is 17.0. The van der Waals surface area contributed by atoms with Crippen molar-refractivity contribution in [3.8, 4) is 0 Å². The van der Waals surface area contributed by atoms with Gasteiger partial charge in [-0.25, -0.2) is 5.84 Å². The normalized spacial score (nSPS) is 23.3. The molecule has 1 aliphatic carbocycles.